The lowest BCUT2D eigenvalue weighted by Gasteiger charge is -2.02. The third-order valence-corrected chi connectivity index (χ3v) is 2.63. The quantitative estimate of drug-likeness (QED) is 0.622. The second kappa shape index (κ2) is 4.72. The summed E-state index contributed by atoms with van der Waals surface area (Å²) < 4.78 is 6.12. The zero-order valence-electron chi connectivity index (χ0n) is 6.88. The van der Waals surface area contributed by atoms with Crippen LogP contribution in [0.25, 0.3) is 0 Å². The number of nitrogens with zero attached hydrogens (tertiary/aromatic N) is 1. The third-order valence-electron chi connectivity index (χ3n) is 1.46. The molecule has 0 spiro atoms. The first-order chi connectivity index (χ1) is 6.13. The number of carbonyl (C=O) groups is 1. The molecule has 1 aromatic rings. The molecule has 0 amide bonds. The normalized spacial score (nSPS) is 9.77. The molecule has 5 heteroatoms. The minimum absolute atomic E-state index is 0.233. The van der Waals surface area contributed by atoms with Crippen LogP contribution in [0.4, 0.5) is 0 Å². The molecule has 70 valence electrons. The predicted octanol–water partition coefficient (Wildman–Crippen LogP) is 2.32. The second-order valence-corrected chi connectivity index (χ2v) is 4.02. The molecule has 0 aliphatic rings. The van der Waals surface area contributed by atoms with Crippen molar-refractivity contribution in [3.8, 4) is 0 Å². The molecule has 1 rings (SSSR count). The van der Waals surface area contributed by atoms with Gasteiger partial charge in [0.1, 0.15) is 4.60 Å². The first-order valence-electron chi connectivity index (χ1n) is 3.50. The van der Waals surface area contributed by atoms with E-state index in [4.69, 9.17) is 0 Å². The maximum atomic E-state index is 10.9. The number of aromatic nitrogens is 1. The Hall–Kier alpha value is -0.420. The summed E-state index contributed by atoms with van der Waals surface area (Å²) >= 11 is 6.55. The van der Waals surface area contributed by atoms with Gasteiger partial charge in [-0.15, -0.1) is 0 Å². The van der Waals surface area contributed by atoms with Crippen LogP contribution in [0.15, 0.2) is 21.3 Å². The fraction of sp³-hybridized carbons (Fsp3) is 0.250. The van der Waals surface area contributed by atoms with E-state index < -0.39 is 0 Å². The van der Waals surface area contributed by atoms with Gasteiger partial charge in [0.25, 0.3) is 0 Å². The Bertz CT molecular complexity index is 328. The molecule has 0 fully saturated rings. The number of esters is 1. The largest absolute Gasteiger partial charge is 0.469 e. The highest BCUT2D eigenvalue weighted by molar-refractivity contribution is 9.11. The van der Waals surface area contributed by atoms with Crippen LogP contribution in [0, 0.1) is 0 Å². The number of hydrogen-bond donors (Lipinski definition) is 0. The lowest BCUT2D eigenvalue weighted by molar-refractivity contribution is -0.139. The molecule has 13 heavy (non-hydrogen) atoms. The van der Waals surface area contributed by atoms with Gasteiger partial charge >= 0.3 is 5.97 Å². The SMILES string of the molecule is COC(=O)Cc1cnc(Br)cc1Br. The Morgan fingerprint density at radius 3 is 2.85 bits per heavy atom. The third kappa shape index (κ3) is 3.08. The highest BCUT2D eigenvalue weighted by Gasteiger charge is 2.07. The molecule has 0 N–H and O–H groups in total. The Labute approximate surface area is 92.8 Å². The molecule has 0 radical (unpaired) electrons. The van der Waals surface area contributed by atoms with Crippen molar-refractivity contribution >= 4 is 37.8 Å². The zero-order valence-corrected chi connectivity index (χ0v) is 10.1. The number of halogens is 2. The molecule has 0 aliphatic heterocycles. The maximum Gasteiger partial charge on any atom is 0.310 e. The van der Waals surface area contributed by atoms with E-state index in [-0.39, 0.29) is 12.4 Å². The minimum atomic E-state index is -0.273. The molecular weight excluding hydrogens is 302 g/mol. The molecule has 0 saturated heterocycles. The molecule has 1 aromatic heterocycles. The summed E-state index contributed by atoms with van der Waals surface area (Å²) in [4.78, 5) is 14.9. The fourth-order valence-electron chi connectivity index (χ4n) is 0.794. The van der Waals surface area contributed by atoms with Crippen molar-refractivity contribution in [2.75, 3.05) is 7.11 Å². The van der Waals surface area contributed by atoms with Crippen molar-refractivity contribution in [3.05, 3.63) is 26.9 Å². The summed E-state index contributed by atoms with van der Waals surface area (Å²) in [6.45, 7) is 0. The molecule has 0 aliphatic carbocycles. The van der Waals surface area contributed by atoms with Crippen LogP contribution in [0.1, 0.15) is 5.56 Å². The molecule has 3 nitrogen and oxygen atoms in total. The monoisotopic (exact) mass is 307 g/mol. The Morgan fingerprint density at radius 2 is 2.31 bits per heavy atom. The zero-order chi connectivity index (χ0) is 9.84. The lowest BCUT2D eigenvalue weighted by atomic mass is 10.2. The Morgan fingerprint density at radius 1 is 1.62 bits per heavy atom. The van der Waals surface area contributed by atoms with Crippen molar-refractivity contribution in [1.82, 2.24) is 4.98 Å². The average Bonchev–Trinajstić information content (AvgIpc) is 2.09. The van der Waals surface area contributed by atoms with Gasteiger partial charge in [-0.1, -0.05) is 15.9 Å². The van der Waals surface area contributed by atoms with Gasteiger partial charge in [0, 0.05) is 10.7 Å². The number of hydrogen-bond acceptors (Lipinski definition) is 3. The topological polar surface area (TPSA) is 39.2 Å². The van der Waals surface area contributed by atoms with Gasteiger partial charge in [-0.3, -0.25) is 4.79 Å². The van der Waals surface area contributed by atoms with Crippen molar-refractivity contribution in [1.29, 1.82) is 0 Å². The smallest absolute Gasteiger partial charge is 0.310 e. The summed E-state index contributed by atoms with van der Waals surface area (Å²) in [6, 6.07) is 1.79. The van der Waals surface area contributed by atoms with Gasteiger partial charge in [-0.25, -0.2) is 4.98 Å². The first-order valence-corrected chi connectivity index (χ1v) is 5.09. The molecule has 0 atom stereocenters. The molecular formula is C8H7Br2NO2. The molecule has 0 aromatic carbocycles. The van der Waals surface area contributed by atoms with Crippen LogP contribution in [-0.2, 0) is 16.0 Å². The highest BCUT2D eigenvalue weighted by Crippen LogP contribution is 2.20. The Kier molecular flexibility index (Phi) is 3.87. The number of ether oxygens (including phenoxy) is 1. The van der Waals surface area contributed by atoms with E-state index in [1.165, 1.54) is 7.11 Å². The van der Waals surface area contributed by atoms with Crippen LogP contribution in [0.3, 0.4) is 0 Å². The Balaban J connectivity index is 2.83. The van der Waals surface area contributed by atoms with Crippen LogP contribution in [0.5, 0.6) is 0 Å². The molecule has 0 unspecified atom stereocenters. The number of pyridine rings is 1. The summed E-state index contributed by atoms with van der Waals surface area (Å²) in [5.41, 5.74) is 0.815. The summed E-state index contributed by atoms with van der Waals surface area (Å²) in [6.07, 6.45) is 1.86. The van der Waals surface area contributed by atoms with Crippen molar-refractivity contribution in [3.63, 3.8) is 0 Å². The molecule has 0 bridgehead atoms. The standard InChI is InChI=1S/C8H7Br2NO2/c1-13-8(12)2-5-4-11-7(10)3-6(5)9/h3-4H,2H2,1H3. The van der Waals surface area contributed by atoms with Gasteiger partial charge in [0.2, 0.25) is 0 Å². The van der Waals surface area contributed by atoms with Gasteiger partial charge in [-0.2, -0.15) is 0 Å². The summed E-state index contributed by atoms with van der Waals surface area (Å²) in [5, 5.41) is 0. The molecule has 1 heterocycles. The highest BCUT2D eigenvalue weighted by atomic mass is 79.9. The van der Waals surface area contributed by atoms with E-state index in [0.717, 1.165) is 14.6 Å². The van der Waals surface area contributed by atoms with Gasteiger partial charge in [-0.05, 0) is 27.6 Å². The van der Waals surface area contributed by atoms with E-state index >= 15 is 0 Å². The number of rotatable bonds is 2. The number of methoxy groups -OCH3 is 1. The van der Waals surface area contributed by atoms with Crippen LogP contribution in [0.2, 0.25) is 0 Å². The minimum Gasteiger partial charge on any atom is -0.469 e. The summed E-state index contributed by atoms with van der Waals surface area (Å²) in [5.74, 6) is -0.273. The first kappa shape index (κ1) is 10.7. The predicted molar refractivity (Wildman–Crippen MR) is 55.4 cm³/mol. The lowest BCUT2D eigenvalue weighted by Crippen LogP contribution is -2.05. The van der Waals surface area contributed by atoms with Gasteiger partial charge in [0.05, 0.1) is 13.5 Å². The van der Waals surface area contributed by atoms with E-state index in [1.807, 2.05) is 0 Å². The van der Waals surface area contributed by atoms with E-state index in [0.29, 0.717) is 0 Å². The van der Waals surface area contributed by atoms with Crippen LogP contribution < -0.4 is 0 Å². The van der Waals surface area contributed by atoms with Crippen LogP contribution >= 0.6 is 31.9 Å². The fourth-order valence-corrected chi connectivity index (χ4v) is 1.89. The maximum absolute atomic E-state index is 10.9. The van der Waals surface area contributed by atoms with Crippen molar-refractivity contribution in [2.45, 2.75) is 6.42 Å². The van der Waals surface area contributed by atoms with E-state index in [1.54, 1.807) is 12.3 Å². The van der Waals surface area contributed by atoms with Gasteiger partial charge in [0.15, 0.2) is 0 Å². The van der Waals surface area contributed by atoms with Gasteiger partial charge < -0.3 is 4.74 Å². The average molecular weight is 309 g/mol. The van der Waals surface area contributed by atoms with E-state index in [2.05, 4.69) is 41.6 Å². The van der Waals surface area contributed by atoms with Crippen molar-refractivity contribution < 1.29 is 9.53 Å². The molecule has 0 saturated carbocycles. The second-order valence-electron chi connectivity index (χ2n) is 2.35. The van der Waals surface area contributed by atoms with E-state index in [9.17, 15) is 4.79 Å². The van der Waals surface area contributed by atoms with Crippen molar-refractivity contribution in [2.24, 2.45) is 0 Å². The summed E-state index contributed by atoms with van der Waals surface area (Å²) in [7, 11) is 1.36. The number of carbonyl (C=O) groups excluding carboxylic acids is 1. The van der Waals surface area contributed by atoms with Crippen LogP contribution in [-0.4, -0.2) is 18.1 Å².